The second-order valence-corrected chi connectivity index (χ2v) is 5.42. The summed E-state index contributed by atoms with van der Waals surface area (Å²) < 4.78 is 27.3. The molecule has 8 heteroatoms. The number of rotatable bonds is 5. The predicted octanol–water partition coefficient (Wildman–Crippen LogP) is 3.81. The molecule has 1 aromatic carbocycles. The lowest BCUT2D eigenvalue weighted by molar-refractivity contribution is 0.101. The maximum absolute atomic E-state index is 13.6. The van der Waals surface area contributed by atoms with Crippen molar-refractivity contribution in [3.8, 4) is 5.88 Å². The third kappa shape index (κ3) is 4.49. The Hall–Kier alpha value is -3.68. The third-order valence-corrected chi connectivity index (χ3v) is 3.53. The zero-order valence-electron chi connectivity index (χ0n) is 14.2. The first-order chi connectivity index (χ1) is 13.0. The molecule has 27 heavy (non-hydrogen) atoms. The van der Waals surface area contributed by atoms with Gasteiger partial charge in [-0.15, -0.1) is 0 Å². The van der Waals surface area contributed by atoms with E-state index in [1.807, 2.05) is 0 Å². The number of carbonyl (C=O) groups is 1. The van der Waals surface area contributed by atoms with Gasteiger partial charge in [-0.3, -0.25) is 4.79 Å². The van der Waals surface area contributed by atoms with Gasteiger partial charge in [-0.1, -0.05) is 17.3 Å². The molecule has 0 bridgehead atoms. The van der Waals surface area contributed by atoms with E-state index in [1.165, 1.54) is 18.3 Å². The van der Waals surface area contributed by atoms with Gasteiger partial charge < -0.3 is 10.2 Å². The minimum atomic E-state index is -0.946. The number of amides is 1. The number of pyridine rings is 2. The van der Waals surface area contributed by atoms with E-state index in [2.05, 4.69) is 20.4 Å². The Labute approximate surface area is 153 Å². The molecule has 2 aromatic heterocycles. The normalized spacial score (nSPS) is 11.1. The van der Waals surface area contributed by atoms with Gasteiger partial charge in [-0.25, -0.2) is 18.7 Å². The third-order valence-electron chi connectivity index (χ3n) is 3.53. The molecule has 0 radical (unpaired) electrons. The highest BCUT2D eigenvalue weighted by Gasteiger charge is 2.17. The summed E-state index contributed by atoms with van der Waals surface area (Å²) in [4.78, 5) is 25.3. The Morgan fingerprint density at radius 2 is 1.81 bits per heavy atom. The molecule has 136 valence electrons. The number of benzene rings is 1. The van der Waals surface area contributed by atoms with E-state index < -0.39 is 23.1 Å². The lowest BCUT2D eigenvalue weighted by Gasteiger charge is -2.07. The van der Waals surface area contributed by atoms with Crippen molar-refractivity contribution in [1.82, 2.24) is 9.97 Å². The van der Waals surface area contributed by atoms with Crippen LogP contribution in [0.2, 0.25) is 0 Å². The lowest BCUT2D eigenvalue weighted by atomic mass is 10.2. The molecule has 0 aliphatic rings. The average Bonchev–Trinajstić information content (AvgIpc) is 2.67. The molecule has 6 nitrogen and oxygen atoms in total. The van der Waals surface area contributed by atoms with Crippen molar-refractivity contribution in [3.05, 3.63) is 83.7 Å². The van der Waals surface area contributed by atoms with E-state index in [9.17, 15) is 13.6 Å². The van der Waals surface area contributed by atoms with Gasteiger partial charge in [-0.05, 0) is 37.3 Å². The number of aromatic nitrogens is 2. The minimum Gasteiger partial charge on any atom is -0.336 e. The van der Waals surface area contributed by atoms with Crippen molar-refractivity contribution < 1.29 is 18.4 Å². The molecule has 0 aliphatic heterocycles. The summed E-state index contributed by atoms with van der Waals surface area (Å²) in [6.07, 6.45) is 3.03. The second kappa shape index (κ2) is 8.13. The van der Waals surface area contributed by atoms with Crippen molar-refractivity contribution in [2.75, 3.05) is 5.32 Å². The van der Waals surface area contributed by atoms with Gasteiger partial charge in [0.2, 0.25) is 5.88 Å². The quantitative estimate of drug-likeness (QED) is 0.549. The molecule has 0 spiro atoms. The predicted molar refractivity (Wildman–Crippen MR) is 95.6 cm³/mol. The summed E-state index contributed by atoms with van der Waals surface area (Å²) in [5.74, 6) is -2.32. The Morgan fingerprint density at radius 3 is 2.44 bits per heavy atom. The van der Waals surface area contributed by atoms with Gasteiger partial charge in [0.25, 0.3) is 5.91 Å². The number of hydrogen-bond acceptors (Lipinski definition) is 5. The molecule has 0 aliphatic carbocycles. The van der Waals surface area contributed by atoms with Crippen LogP contribution >= 0.6 is 0 Å². The van der Waals surface area contributed by atoms with Gasteiger partial charge in [0.15, 0.2) is 0 Å². The van der Waals surface area contributed by atoms with E-state index in [1.54, 1.807) is 37.4 Å². The van der Waals surface area contributed by atoms with Crippen LogP contribution in [0, 0.1) is 11.6 Å². The Balaban J connectivity index is 1.69. The van der Waals surface area contributed by atoms with Crippen molar-refractivity contribution in [1.29, 1.82) is 0 Å². The maximum Gasteiger partial charge on any atom is 0.262 e. The first kappa shape index (κ1) is 18.1. The highest BCUT2D eigenvalue weighted by atomic mass is 19.1. The number of anilines is 1. The fraction of sp³-hybridized carbons (Fsp3) is 0.0526. The van der Waals surface area contributed by atoms with Crippen LogP contribution in [0.4, 0.5) is 14.6 Å². The van der Waals surface area contributed by atoms with Crippen LogP contribution in [-0.4, -0.2) is 21.6 Å². The van der Waals surface area contributed by atoms with Gasteiger partial charge in [0.1, 0.15) is 23.0 Å². The molecule has 0 unspecified atom stereocenters. The molecule has 0 fully saturated rings. The van der Waals surface area contributed by atoms with E-state index in [-0.39, 0.29) is 5.82 Å². The minimum absolute atomic E-state index is 0.143. The molecule has 1 N–H and O–H groups in total. The molecule has 1 amide bonds. The Kier molecular flexibility index (Phi) is 5.46. The summed E-state index contributed by atoms with van der Waals surface area (Å²) >= 11 is 0. The number of hydrogen-bond donors (Lipinski definition) is 1. The van der Waals surface area contributed by atoms with Crippen molar-refractivity contribution in [2.45, 2.75) is 6.92 Å². The van der Waals surface area contributed by atoms with Crippen LogP contribution in [0.1, 0.15) is 22.8 Å². The molecule has 0 saturated carbocycles. The van der Waals surface area contributed by atoms with Gasteiger partial charge >= 0.3 is 0 Å². The number of nitrogens with one attached hydrogen (secondary N) is 1. The summed E-state index contributed by atoms with van der Waals surface area (Å²) in [5, 5.41) is 6.31. The van der Waals surface area contributed by atoms with Crippen LogP contribution < -0.4 is 10.2 Å². The summed E-state index contributed by atoms with van der Waals surface area (Å²) in [6.45, 7) is 1.72. The van der Waals surface area contributed by atoms with Crippen molar-refractivity contribution in [3.63, 3.8) is 0 Å². The fourth-order valence-electron chi connectivity index (χ4n) is 2.14. The standard InChI is InChI=1S/C19H14F2N4O2/c1-12(25-27-17-7-2-3-10-22-17)13-8-9-16(23-11-13)24-19(26)18-14(20)5-4-6-15(18)21/h2-11H,1H3,(H,23,24,26). The lowest BCUT2D eigenvalue weighted by Crippen LogP contribution is -2.16. The zero-order valence-corrected chi connectivity index (χ0v) is 14.2. The molecule has 0 atom stereocenters. The van der Waals surface area contributed by atoms with Crippen molar-refractivity contribution in [2.24, 2.45) is 5.16 Å². The highest BCUT2D eigenvalue weighted by molar-refractivity contribution is 6.04. The first-order valence-corrected chi connectivity index (χ1v) is 7.89. The highest BCUT2D eigenvalue weighted by Crippen LogP contribution is 2.15. The largest absolute Gasteiger partial charge is 0.336 e. The fourth-order valence-corrected chi connectivity index (χ4v) is 2.14. The van der Waals surface area contributed by atoms with E-state index in [0.717, 1.165) is 12.1 Å². The van der Waals surface area contributed by atoms with Gasteiger partial charge in [0, 0.05) is 24.0 Å². The Morgan fingerprint density at radius 1 is 1.04 bits per heavy atom. The molecule has 3 rings (SSSR count). The van der Waals surface area contributed by atoms with Crippen LogP contribution in [-0.2, 0) is 0 Å². The number of nitrogens with zero attached hydrogens (tertiary/aromatic N) is 3. The molecular weight excluding hydrogens is 354 g/mol. The van der Waals surface area contributed by atoms with Crippen LogP contribution in [0.25, 0.3) is 0 Å². The van der Waals surface area contributed by atoms with Crippen LogP contribution in [0.5, 0.6) is 5.88 Å². The summed E-state index contributed by atoms with van der Waals surface area (Å²) in [7, 11) is 0. The SMILES string of the molecule is CC(=NOc1ccccn1)c1ccc(NC(=O)c2c(F)cccc2F)nc1. The topological polar surface area (TPSA) is 76.5 Å². The van der Waals surface area contributed by atoms with Gasteiger partial charge in [0.05, 0.1) is 5.71 Å². The average molecular weight is 368 g/mol. The Bertz CT molecular complexity index is 957. The number of carbonyl (C=O) groups excluding carboxylic acids is 1. The van der Waals surface area contributed by atoms with E-state index in [0.29, 0.717) is 17.2 Å². The van der Waals surface area contributed by atoms with E-state index in [4.69, 9.17) is 4.84 Å². The summed E-state index contributed by atoms with van der Waals surface area (Å²) in [5.41, 5.74) is 0.511. The zero-order chi connectivity index (χ0) is 19.2. The monoisotopic (exact) mass is 368 g/mol. The number of halogens is 2. The second-order valence-electron chi connectivity index (χ2n) is 5.42. The van der Waals surface area contributed by atoms with E-state index >= 15 is 0 Å². The summed E-state index contributed by atoms with van der Waals surface area (Å²) in [6, 6.07) is 11.5. The smallest absolute Gasteiger partial charge is 0.262 e. The van der Waals surface area contributed by atoms with Crippen LogP contribution in [0.3, 0.4) is 0 Å². The molecule has 0 saturated heterocycles. The van der Waals surface area contributed by atoms with Crippen molar-refractivity contribution >= 4 is 17.4 Å². The molecule has 2 heterocycles. The first-order valence-electron chi connectivity index (χ1n) is 7.89. The van der Waals surface area contributed by atoms with Crippen LogP contribution in [0.15, 0.2) is 66.1 Å². The molecular formula is C19H14F2N4O2. The number of oxime groups is 1. The van der Waals surface area contributed by atoms with Gasteiger partial charge in [-0.2, -0.15) is 0 Å². The maximum atomic E-state index is 13.6. The molecule has 3 aromatic rings.